The van der Waals surface area contributed by atoms with Gasteiger partial charge in [0.25, 0.3) is 0 Å². The van der Waals surface area contributed by atoms with Crippen LogP contribution >= 0.6 is 0 Å². The van der Waals surface area contributed by atoms with Crippen molar-refractivity contribution in [1.29, 1.82) is 0 Å². The van der Waals surface area contributed by atoms with E-state index >= 15 is 0 Å². The van der Waals surface area contributed by atoms with Crippen LogP contribution < -0.4 is 0 Å². The molecule has 4 heteroatoms. The van der Waals surface area contributed by atoms with Crippen molar-refractivity contribution < 1.29 is 15.0 Å². The zero-order valence-corrected chi connectivity index (χ0v) is 8.53. The topological polar surface area (TPSA) is 60.8 Å². The van der Waals surface area contributed by atoms with E-state index in [9.17, 15) is 4.79 Å². The van der Waals surface area contributed by atoms with Gasteiger partial charge in [0.2, 0.25) is 0 Å². The third-order valence-corrected chi connectivity index (χ3v) is 1.96. The molecule has 0 aliphatic rings. The van der Waals surface area contributed by atoms with Gasteiger partial charge in [-0.25, -0.2) is 0 Å². The highest BCUT2D eigenvalue weighted by Gasteiger charge is 2.22. The summed E-state index contributed by atoms with van der Waals surface area (Å²) in [7, 11) is 1.72. The number of rotatable bonds is 6. The van der Waals surface area contributed by atoms with E-state index in [-0.39, 0.29) is 6.61 Å². The zero-order valence-electron chi connectivity index (χ0n) is 8.53. The van der Waals surface area contributed by atoms with E-state index in [1.807, 2.05) is 13.8 Å². The lowest BCUT2D eigenvalue weighted by molar-refractivity contribution is -0.143. The zero-order chi connectivity index (χ0) is 10.4. The Kier molecular flexibility index (Phi) is 5.66. The number of carboxylic acids is 1. The van der Waals surface area contributed by atoms with Crippen LogP contribution in [-0.4, -0.2) is 47.3 Å². The summed E-state index contributed by atoms with van der Waals surface area (Å²) in [5.41, 5.74) is 0. The van der Waals surface area contributed by atoms with E-state index in [0.717, 1.165) is 0 Å². The fourth-order valence-electron chi connectivity index (χ4n) is 1.23. The van der Waals surface area contributed by atoms with Gasteiger partial charge in [0.15, 0.2) is 0 Å². The lowest BCUT2D eigenvalue weighted by Gasteiger charge is -2.24. The Morgan fingerprint density at radius 2 is 2.00 bits per heavy atom. The van der Waals surface area contributed by atoms with Gasteiger partial charge in [-0.3, -0.25) is 9.69 Å². The molecule has 0 spiro atoms. The van der Waals surface area contributed by atoms with Crippen LogP contribution in [0.4, 0.5) is 0 Å². The number of aliphatic hydroxyl groups excluding tert-OH is 1. The van der Waals surface area contributed by atoms with Gasteiger partial charge >= 0.3 is 5.97 Å². The molecule has 0 amide bonds. The van der Waals surface area contributed by atoms with Gasteiger partial charge in [-0.15, -0.1) is 0 Å². The van der Waals surface area contributed by atoms with Crippen LogP contribution in [0.2, 0.25) is 0 Å². The molecule has 2 N–H and O–H groups in total. The number of carboxylic acid groups (broad SMARTS) is 1. The van der Waals surface area contributed by atoms with Crippen LogP contribution in [0.5, 0.6) is 0 Å². The minimum Gasteiger partial charge on any atom is -0.480 e. The number of aliphatic hydroxyl groups is 1. The van der Waals surface area contributed by atoms with Gasteiger partial charge in [-0.1, -0.05) is 13.8 Å². The second kappa shape index (κ2) is 5.94. The predicted octanol–water partition coefficient (Wildman–Crippen LogP) is 0.410. The molecule has 0 aromatic carbocycles. The van der Waals surface area contributed by atoms with Gasteiger partial charge in [-0.2, -0.15) is 0 Å². The van der Waals surface area contributed by atoms with Crippen LogP contribution in [0.15, 0.2) is 0 Å². The third-order valence-electron chi connectivity index (χ3n) is 1.96. The maximum absolute atomic E-state index is 10.8. The summed E-state index contributed by atoms with van der Waals surface area (Å²) < 4.78 is 0. The Balaban J connectivity index is 4.15. The van der Waals surface area contributed by atoms with Gasteiger partial charge in [-0.05, 0) is 19.4 Å². The third kappa shape index (κ3) is 4.85. The molecule has 0 aliphatic heterocycles. The summed E-state index contributed by atoms with van der Waals surface area (Å²) in [6, 6.07) is -0.479. The maximum Gasteiger partial charge on any atom is 0.320 e. The monoisotopic (exact) mass is 189 g/mol. The summed E-state index contributed by atoms with van der Waals surface area (Å²) in [5.74, 6) is -0.466. The van der Waals surface area contributed by atoms with Crippen molar-refractivity contribution >= 4 is 5.97 Å². The van der Waals surface area contributed by atoms with Gasteiger partial charge < -0.3 is 10.2 Å². The molecule has 1 unspecified atom stereocenters. The van der Waals surface area contributed by atoms with Crippen molar-refractivity contribution in [3.63, 3.8) is 0 Å². The summed E-state index contributed by atoms with van der Waals surface area (Å²) in [6.07, 6.45) is 0.617. The molecule has 0 saturated carbocycles. The summed E-state index contributed by atoms with van der Waals surface area (Å²) in [5, 5.41) is 17.6. The van der Waals surface area contributed by atoms with Crippen molar-refractivity contribution in [3.05, 3.63) is 0 Å². The van der Waals surface area contributed by atoms with E-state index in [4.69, 9.17) is 10.2 Å². The molecule has 78 valence electrons. The summed E-state index contributed by atoms with van der Waals surface area (Å²) in [6.45, 7) is 4.38. The molecule has 13 heavy (non-hydrogen) atoms. The first-order valence-corrected chi connectivity index (χ1v) is 4.53. The Bertz CT molecular complexity index is 159. The number of hydrogen-bond acceptors (Lipinski definition) is 3. The van der Waals surface area contributed by atoms with E-state index in [0.29, 0.717) is 18.9 Å². The first-order chi connectivity index (χ1) is 5.99. The highest BCUT2D eigenvalue weighted by Crippen LogP contribution is 2.09. The molecule has 0 saturated heterocycles. The van der Waals surface area contributed by atoms with Gasteiger partial charge in [0.05, 0.1) is 6.61 Å². The second-order valence-electron chi connectivity index (χ2n) is 3.69. The van der Waals surface area contributed by atoms with Crippen molar-refractivity contribution in [2.24, 2.45) is 5.92 Å². The fourth-order valence-corrected chi connectivity index (χ4v) is 1.23. The van der Waals surface area contributed by atoms with Gasteiger partial charge in [0.1, 0.15) is 6.04 Å². The Labute approximate surface area is 79.2 Å². The van der Waals surface area contributed by atoms with Crippen LogP contribution in [0.25, 0.3) is 0 Å². The largest absolute Gasteiger partial charge is 0.480 e. The van der Waals surface area contributed by atoms with Gasteiger partial charge in [0, 0.05) is 6.54 Å². The van der Waals surface area contributed by atoms with Crippen LogP contribution in [0.3, 0.4) is 0 Å². The number of nitrogens with zero attached hydrogens (tertiary/aromatic N) is 1. The van der Waals surface area contributed by atoms with E-state index in [2.05, 4.69) is 0 Å². The molecule has 0 radical (unpaired) electrons. The minimum atomic E-state index is -0.815. The van der Waals surface area contributed by atoms with Crippen LogP contribution in [0, 0.1) is 5.92 Å². The van der Waals surface area contributed by atoms with Crippen LogP contribution in [-0.2, 0) is 4.79 Å². The average Bonchev–Trinajstić information content (AvgIpc) is 1.99. The smallest absolute Gasteiger partial charge is 0.320 e. The summed E-state index contributed by atoms with van der Waals surface area (Å²) in [4.78, 5) is 12.5. The van der Waals surface area contributed by atoms with E-state index < -0.39 is 12.0 Å². The number of likely N-dealkylation sites (N-methyl/N-ethyl adjacent to an activating group) is 1. The first kappa shape index (κ1) is 12.4. The lowest BCUT2D eigenvalue weighted by atomic mass is 10.0. The highest BCUT2D eigenvalue weighted by atomic mass is 16.4. The molecular formula is C9H19NO3. The quantitative estimate of drug-likeness (QED) is 0.635. The van der Waals surface area contributed by atoms with Crippen molar-refractivity contribution in [1.82, 2.24) is 4.90 Å². The van der Waals surface area contributed by atoms with Crippen molar-refractivity contribution in [3.8, 4) is 0 Å². The lowest BCUT2D eigenvalue weighted by Crippen LogP contribution is -2.40. The molecule has 0 bridgehead atoms. The highest BCUT2D eigenvalue weighted by molar-refractivity contribution is 5.73. The number of aliphatic carboxylic acids is 1. The van der Waals surface area contributed by atoms with Crippen molar-refractivity contribution in [2.75, 3.05) is 20.2 Å². The Hall–Kier alpha value is -0.610. The molecule has 0 aromatic heterocycles. The minimum absolute atomic E-state index is 0.00161. The Morgan fingerprint density at radius 3 is 2.31 bits per heavy atom. The molecule has 0 rings (SSSR count). The molecule has 1 atom stereocenters. The standard InChI is InChI=1S/C9H19NO3/c1-7(2)6-8(9(12)13)10(3)4-5-11/h7-8,11H,4-6H2,1-3H3,(H,12,13). The molecule has 0 aromatic rings. The normalized spacial score (nSPS) is 13.7. The number of carbonyl (C=O) groups is 1. The fraction of sp³-hybridized carbons (Fsp3) is 0.889. The SMILES string of the molecule is CC(C)CC(C(=O)O)N(C)CCO. The summed E-state index contributed by atoms with van der Waals surface area (Å²) >= 11 is 0. The average molecular weight is 189 g/mol. The molecule has 0 fully saturated rings. The van der Waals surface area contributed by atoms with Crippen molar-refractivity contribution in [2.45, 2.75) is 26.3 Å². The molecular weight excluding hydrogens is 170 g/mol. The maximum atomic E-state index is 10.8. The molecule has 0 heterocycles. The Morgan fingerprint density at radius 1 is 1.46 bits per heavy atom. The number of hydrogen-bond donors (Lipinski definition) is 2. The first-order valence-electron chi connectivity index (χ1n) is 4.53. The van der Waals surface area contributed by atoms with E-state index in [1.165, 1.54) is 0 Å². The predicted molar refractivity (Wildman–Crippen MR) is 50.6 cm³/mol. The molecule has 4 nitrogen and oxygen atoms in total. The second-order valence-corrected chi connectivity index (χ2v) is 3.69. The molecule has 0 aliphatic carbocycles. The van der Waals surface area contributed by atoms with E-state index in [1.54, 1.807) is 11.9 Å². The van der Waals surface area contributed by atoms with Crippen LogP contribution in [0.1, 0.15) is 20.3 Å².